The summed E-state index contributed by atoms with van der Waals surface area (Å²) >= 11 is 3.45. The van der Waals surface area contributed by atoms with E-state index in [1.54, 1.807) is 24.3 Å². The van der Waals surface area contributed by atoms with Crippen molar-refractivity contribution in [1.29, 1.82) is 0 Å². The number of hydrogen-bond acceptors (Lipinski definition) is 5. The Bertz CT molecular complexity index is 1260. The number of aromatic nitrogens is 2. The lowest BCUT2D eigenvalue weighted by molar-refractivity contribution is -0.384. The number of carbonyl (C=O) groups excluding carboxylic acids is 1. The molecule has 3 aromatic carbocycles. The van der Waals surface area contributed by atoms with Crippen molar-refractivity contribution >= 4 is 27.6 Å². The molecule has 4 aromatic rings. The van der Waals surface area contributed by atoms with Crippen LogP contribution in [0.1, 0.15) is 21.7 Å². The van der Waals surface area contributed by atoms with E-state index in [4.69, 9.17) is 9.72 Å². The fourth-order valence-corrected chi connectivity index (χ4v) is 3.58. The highest BCUT2D eigenvalue weighted by atomic mass is 79.9. The van der Waals surface area contributed by atoms with E-state index < -0.39 is 10.9 Å². The molecule has 0 aliphatic heterocycles. The molecule has 1 heterocycles. The van der Waals surface area contributed by atoms with E-state index in [-0.39, 0.29) is 5.69 Å². The van der Waals surface area contributed by atoms with Gasteiger partial charge in [0.15, 0.2) is 0 Å². The number of nitro benzene ring substituents is 1. The quantitative estimate of drug-likeness (QED) is 0.199. The minimum absolute atomic E-state index is 0.0296. The fraction of sp³-hybridized carbons (Fsp3) is 0.0833. The maximum Gasteiger partial charge on any atom is 0.337 e. The number of nitrogens with zero attached hydrogens (tertiary/aromatic N) is 3. The van der Waals surface area contributed by atoms with Crippen molar-refractivity contribution in [2.45, 2.75) is 6.42 Å². The van der Waals surface area contributed by atoms with Crippen LogP contribution in [0.4, 0.5) is 5.69 Å². The molecule has 32 heavy (non-hydrogen) atoms. The molecule has 0 atom stereocenters. The molecular formula is C24H18BrN3O4. The van der Waals surface area contributed by atoms with Gasteiger partial charge in [0.05, 0.1) is 23.3 Å². The Kier molecular flexibility index (Phi) is 6.13. The van der Waals surface area contributed by atoms with Crippen molar-refractivity contribution in [2.24, 2.45) is 0 Å². The molecule has 0 N–H and O–H groups in total. The molecule has 4 rings (SSSR count). The third-order valence-corrected chi connectivity index (χ3v) is 5.52. The third kappa shape index (κ3) is 4.60. The summed E-state index contributed by atoms with van der Waals surface area (Å²) in [6.07, 6.45) is 2.47. The molecule has 0 amide bonds. The lowest BCUT2D eigenvalue weighted by Gasteiger charge is -2.08. The minimum atomic E-state index is -0.422. The first-order chi connectivity index (χ1) is 15.4. The second-order valence-electron chi connectivity index (χ2n) is 7.06. The number of nitro groups is 1. The minimum Gasteiger partial charge on any atom is -0.465 e. The summed E-state index contributed by atoms with van der Waals surface area (Å²) in [4.78, 5) is 27.1. The van der Waals surface area contributed by atoms with Crippen LogP contribution < -0.4 is 0 Å². The molecule has 0 saturated carbocycles. The highest BCUT2D eigenvalue weighted by Gasteiger charge is 2.14. The smallest absolute Gasteiger partial charge is 0.337 e. The van der Waals surface area contributed by atoms with Crippen LogP contribution in [0, 0.1) is 10.1 Å². The zero-order valence-corrected chi connectivity index (χ0v) is 18.7. The van der Waals surface area contributed by atoms with Gasteiger partial charge >= 0.3 is 5.97 Å². The van der Waals surface area contributed by atoms with E-state index in [1.165, 1.54) is 19.2 Å². The van der Waals surface area contributed by atoms with Crippen LogP contribution in [0.5, 0.6) is 0 Å². The van der Waals surface area contributed by atoms with Crippen LogP contribution >= 0.6 is 15.9 Å². The zero-order valence-electron chi connectivity index (χ0n) is 17.1. The number of imidazole rings is 1. The fourth-order valence-electron chi connectivity index (χ4n) is 3.32. The zero-order chi connectivity index (χ0) is 22.7. The number of hydrogen-bond donors (Lipinski definition) is 0. The normalized spacial score (nSPS) is 10.7. The van der Waals surface area contributed by atoms with Crippen LogP contribution in [0.25, 0.3) is 16.9 Å². The molecule has 0 unspecified atom stereocenters. The number of ether oxygens (including phenoxy) is 1. The highest BCUT2D eigenvalue weighted by molar-refractivity contribution is 9.10. The lowest BCUT2D eigenvalue weighted by atomic mass is 10.1. The van der Waals surface area contributed by atoms with Gasteiger partial charge in [-0.1, -0.05) is 40.2 Å². The van der Waals surface area contributed by atoms with Crippen molar-refractivity contribution in [3.05, 3.63) is 111 Å². The summed E-state index contributed by atoms with van der Waals surface area (Å²) < 4.78 is 7.67. The largest absolute Gasteiger partial charge is 0.465 e. The van der Waals surface area contributed by atoms with E-state index >= 15 is 0 Å². The Labute approximate surface area is 192 Å². The van der Waals surface area contributed by atoms with E-state index in [1.807, 2.05) is 47.2 Å². The number of carbonyl (C=O) groups is 1. The number of esters is 1. The van der Waals surface area contributed by atoms with E-state index in [2.05, 4.69) is 15.9 Å². The van der Waals surface area contributed by atoms with Gasteiger partial charge in [0.2, 0.25) is 0 Å². The lowest BCUT2D eigenvalue weighted by Crippen LogP contribution is -2.01. The predicted octanol–water partition coefficient (Wildman–Crippen LogP) is 5.59. The molecule has 0 radical (unpaired) electrons. The monoisotopic (exact) mass is 491 g/mol. The molecular weight excluding hydrogens is 474 g/mol. The summed E-state index contributed by atoms with van der Waals surface area (Å²) in [5.41, 5.74) is 3.91. The highest BCUT2D eigenvalue weighted by Crippen LogP contribution is 2.25. The summed E-state index contributed by atoms with van der Waals surface area (Å²) in [6, 6.07) is 21.4. The van der Waals surface area contributed by atoms with Crippen molar-refractivity contribution in [3.63, 3.8) is 0 Å². The Hall–Kier alpha value is -3.78. The Morgan fingerprint density at radius 2 is 1.69 bits per heavy atom. The van der Waals surface area contributed by atoms with E-state index in [0.717, 1.165) is 32.8 Å². The van der Waals surface area contributed by atoms with Crippen molar-refractivity contribution < 1.29 is 14.5 Å². The number of rotatable bonds is 6. The molecule has 0 saturated heterocycles. The predicted molar refractivity (Wildman–Crippen MR) is 124 cm³/mol. The maximum atomic E-state index is 11.7. The van der Waals surface area contributed by atoms with Gasteiger partial charge in [-0.2, -0.15) is 0 Å². The van der Waals surface area contributed by atoms with Gasteiger partial charge in [0, 0.05) is 40.5 Å². The molecule has 1 aromatic heterocycles. The van der Waals surface area contributed by atoms with Crippen molar-refractivity contribution in [1.82, 2.24) is 9.55 Å². The van der Waals surface area contributed by atoms with Crippen LogP contribution in [-0.4, -0.2) is 27.6 Å². The Morgan fingerprint density at radius 1 is 1.03 bits per heavy atom. The molecule has 7 nitrogen and oxygen atoms in total. The van der Waals surface area contributed by atoms with Gasteiger partial charge in [-0.25, -0.2) is 9.78 Å². The first-order valence-corrected chi connectivity index (χ1v) is 10.5. The molecule has 0 aliphatic carbocycles. The van der Waals surface area contributed by atoms with Gasteiger partial charge in [0.25, 0.3) is 5.69 Å². The second-order valence-corrected chi connectivity index (χ2v) is 7.97. The maximum absolute atomic E-state index is 11.7. The molecule has 8 heteroatoms. The van der Waals surface area contributed by atoms with Gasteiger partial charge < -0.3 is 9.30 Å². The molecule has 0 aliphatic rings. The third-order valence-electron chi connectivity index (χ3n) is 4.99. The first kappa shape index (κ1) is 21.5. The SMILES string of the molecule is COC(=O)c1ccc(-c2cn(-c3ccc([N+](=O)[O-])cc3)c(Cc3ccc(Br)cc3)n2)cc1. The van der Waals surface area contributed by atoms with E-state index in [9.17, 15) is 14.9 Å². The standard InChI is InChI=1S/C24H18BrN3O4/c1-32-24(29)18-6-4-17(5-7-18)22-15-27(20-10-12-21(13-11-20)28(30)31)23(26-22)14-16-2-8-19(25)9-3-16/h2-13,15H,14H2,1H3. The molecule has 160 valence electrons. The first-order valence-electron chi connectivity index (χ1n) is 9.71. The van der Waals surface area contributed by atoms with E-state index in [0.29, 0.717) is 12.0 Å². The summed E-state index contributed by atoms with van der Waals surface area (Å²) in [7, 11) is 1.34. The van der Waals surface area contributed by atoms with Gasteiger partial charge in [-0.05, 0) is 42.0 Å². The number of non-ortho nitro benzene ring substituents is 1. The number of methoxy groups -OCH3 is 1. The Balaban J connectivity index is 1.74. The van der Waals surface area contributed by atoms with Crippen LogP contribution in [-0.2, 0) is 11.2 Å². The van der Waals surface area contributed by atoms with Gasteiger partial charge in [0.1, 0.15) is 5.82 Å². The number of benzene rings is 3. The van der Waals surface area contributed by atoms with Crippen LogP contribution in [0.2, 0.25) is 0 Å². The topological polar surface area (TPSA) is 87.3 Å². The molecule has 0 spiro atoms. The van der Waals surface area contributed by atoms with Crippen LogP contribution in [0.3, 0.4) is 0 Å². The van der Waals surface area contributed by atoms with Crippen LogP contribution in [0.15, 0.2) is 83.5 Å². The average molecular weight is 492 g/mol. The second kappa shape index (κ2) is 9.15. The summed E-state index contributed by atoms with van der Waals surface area (Å²) in [5.74, 6) is 0.386. The molecule has 0 fully saturated rings. The van der Waals surface area contributed by atoms with Gasteiger partial charge in [-0.15, -0.1) is 0 Å². The van der Waals surface area contributed by atoms with Crippen molar-refractivity contribution in [3.8, 4) is 16.9 Å². The summed E-state index contributed by atoms with van der Waals surface area (Å²) in [6.45, 7) is 0. The average Bonchev–Trinajstić information content (AvgIpc) is 3.24. The summed E-state index contributed by atoms with van der Waals surface area (Å²) in [5, 5.41) is 11.0. The number of halogens is 1. The van der Waals surface area contributed by atoms with Crippen molar-refractivity contribution in [2.75, 3.05) is 7.11 Å². The van der Waals surface area contributed by atoms with Gasteiger partial charge in [-0.3, -0.25) is 10.1 Å². The molecule has 0 bridgehead atoms. The Morgan fingerprint density at radius 3 is 2.28 bits per heavy atom.